The molecule has 2 aliphatic rings. The topological polar surface area (TPSA) is 35.5 Å². The third-order valence-corrected chi connectivity index (χ3v) is 3.78. The van der Waals surface area contributed by atoms with Crippen molar-refractivity contribution < 1.29 is 5.11 Å². The Morgan fingerprint density at radius 1 is 1.12 bits per heavy atom. The van der Waals surface area contributed by atoms with Gasteiger partial charge >= 0.3 is 0 Å². The van der Waals surface area contributed by atoms with Crippen LogP contribution in [0.25, 0.3) is 0 Å². The number of hydrogen-bond donors (Lipinski definition) is 2. The molecule has 2 N–H and O–H groups in total. The molecule has 0 spiro atoms. The molecule has 1 aliphatic carbocycles. The summed E-state index contributed by atoms with van der Waals surface area (Å²) >= 11 is 0. The summed E-state index contributed by atoms with van der Waals surface area (Å²) in [5.41, 5.74) is 0. The maximum Gasteiger partial charge on any atom is 0.0431 e. The molecule has 3 nitrogen and oxygen atoms in total. The van der Waals surface area contributed by atoms with E-state index in [4.69, 9.17) is 5.11 Å². The third kappa shape index (κ3) is 4.04. The Hall–Kier alpha value is -0.120. The minimum Gasteiger partial charge on any atom is -0.396 e. The van der Waals surface area contributed by atoms with Crippen molar-refractivity contribution in [3.05, 3.63) is 0 Å². The van der Waals surface area contributed by atoms with Gasteiger partial charge in [0.2, 0.25) is 0 Å². The Balaban J connectivity index is 1.63. The number of nitrogens with zero attached hydrogens (tertiary/aromatic N) is 1. The van der Waals surface area contributed by atoms with Crippen molar-refractivity contribution in [3.8, 4) is 0 Å². The zero-order valence-corrected chi connectivity index (χ0v) is 10.3. The number of rotatable bonds is 8. The molecule has 94 valence electrons. The first-order chi connectivity index (χ1) is 7.90. The van der Waals surface area contributed by atoms with Gasteiger partial charge in [-0.1, -0.05) is 0 Å². The highest BCUT2D eigenvalue weighted by Gasteiger charge is 2.30. The molecule has 3 heteroatoms. The molecule has 2 rings (SSSR count). The first kappa shape index (κ1) is 12.3. The quantitative estimate of drug-likeness (QED) is 0.614. The number of aliphatic hydroxyl groups excluding tert-OH is 1. The first-order valence-corrected chi connectivity index (χ1v) is 6.98. The summed E-state index contributed by atoms with van der Waals surface area (Å²) < 4.78 is 0. The standard InChI is InChI=1S/C13H26N2O/c16-10-3-1-2-9-15(13-6-7-13)11-12-5-4-8-14-12/h12-14,16H,1-11H2. The highest BCUT2D eigenvalue weighted by molar-refractivity contribution is 4.88. The molecule has 0 aromatic carbocycles. The van der Waals surface area contributed by atoms with Gasteiger partial charge in [0.1, 0.15) is 0 Å². The monoisotopic (exact) mass is 226 g/mol. The second-order valence-corrected chi connectivity index (χ2v) is 5.30. The van der Waals surface area contributed by atoms with Crippen molar-refractivity contribution in [3.63, 3.8) is 0 Å². The summed E-state index contributed by atoms with van der Waals surface area (Å²) in [6.07, 6.45) is 8.94. The van der Waals surface area contributed by atoms with E-state index in [2.05, 4.69) is 10.2 Å². The van der Waals surface area contributed by atoms with Gasteiger partial charge in [-0.3, -0.25) is 4.90 Å². The van der Waals surface area contributed by atoms with Crippen LogP contribution in [0.5, 0.6) is 0 Å². The van der Waals surface area contributed by atoms with Crippen molar-refractivity contribution in [2.24, 2.45) is 0 Å². The Kier molecular flexibility index (Phi) is 5.07. The molecule has 0 amide bonds. The van der Waals surface area contributed by atoms with E-state index < -0.39 is 0 Å². The molecule has 0 aromatic rings. The highest BCUT2D eigenvalue weighted by atomic mass is 16.2. The zero-order valence-electron chi connectivity index (χ0n) is 10.3. The lowest BCUT2D eigenvalue weighted by Gasteiger charge is -2.25. The van der Waals surface area contributed by atoms with E-state index in [0.717, 1.165) is 18.5 Å². The highest BCUT2D eigenvalue weighted by Crippen LogP contribution is 2.27. The van der Waals surface area contributed by atoms with E-state index in [9.17, 15) is 0 Å². The number of nitrogens with one attached hydrogen (secondary N) is 1. The molecule has 1 saturated heterocycles. The van der Waals surface area contributed by atoms with Gasteiger partial charge in [0.05, 0.1) is 0 Å². The normalized spacial score (nSPS) is 25.5. The molecule has 16 heavy (non-hydrogen) atoms. The fourth-order valence-corrected chi connectivity index (χ4v) is 2.66. The number of aliphatic hydroxyl groups is 1. The van der Waals surface area contributed by atoms with Crippen molar-refractivity contribution in [1.29, 1.82) is 0 Å². The van der Waals surface area contributed by atoms with Gasteiger partial charge in [-0.25, -0.2) is 0 Å². The van der Waals surface area contributed by atoms with Crippen LogP contribution in [0, 0.1) is 0 Å². The van der Waals surface area contributed by atoms with Gasteiger partial charge in [-0.05, 0) is 58.0 Å². The molecule has 2 fully saturated rings. The van der Waals surface area contributed by atoms with Crippen LogP contribution in [0.4, 0.5) is 0 Å². The minimum atomic E-state index is 0.355. The lowest BCUT2D eigenvalue weighted by atomic mass is 10.2. The van der Waals surface area contributed by atoms with Crippen LogP contribution in [-0.4, -0.2) is 48.3 Å². The summed E-state index contributed by atoms with van der Waals surface area (Å²) in [4.78, 5) is 2.68. The van der Waals surface area contributed by atoms with Crippen LogP contribution in [-0.2, 0) is 0 Å². The van der Waals surface area contributed by atoms with Gasteiger partial charge in [-0.2, -0.15) is 0 Å². The van der Waals surface area contributed by atoms with Crippen LogP contribution >= 0.6 is 0 Å². The average molecular weight is 226 g/mol. The third-order valence-electron chi connectivity index (χ3n) is 3.78. The van der Waals surface area contributed by atoms with E-state index in [0.29, 0.717) is 6.61 Å². The Morgan fingerprint density at radius 3 is 2.62 bits per heavy atom. The second kappa shape index (κ2) is 6.58. The Bertz CT molecular complexity index is 188. The van der Waals surface area contributed by atoms with Crippen LogP contribution in [0.15, 0.2) is 0 Å². The molecular weight excluding hydrogens is 200 g/mol. The molecule has 1 unspecified atom stereocenters. The predicted molar refractivity (Wildman–Crippen MR) is 66.6 cm³/mol. The van der Waals surface area contributed by atoms with E-state index in [1.807, 2.05) is 0 Å². The lowest BCUT2D eigenvalue weighted by Crippen LogP contribution is -2.39. The van der Waals surface area contributed by atoms with E-state index in [-0.39, 0.29) is 0 Å². The van der Waals surface area contributed by atoms with Gasteiger partial charge < -0.3 is 10.4 Å². The summed E-state index contributed by atoms with van der Waals surface area (Å²) in [7, 11) is 0. The molecule has 1 atom stereocenters. The summed E-state index contributed by atoms with van der Waals surface area (Å²) in [5.74, 6) is 0. The van der Waals surface area contributed by atoms with Crippen molar-refractivity contribution in [2.45, 2.75) is 57.0 Å². The number of hydrogen-bond acceptors (Lipinski definition) is 3. The van der Waals surface area contributed by atoms with Gasteiger partial charge in [0, 0.05) is 25.2 Å². The predicted octanol–water partition coefficient (Wildman–Crippen LogP) is 1.37. The molecule has 0 radical (unpaired) electrons. The average Bonchev–Trinajstić information content (AvgIpc) is 3.02. The van der Waals surface area contributed by atoms with Gasteiger partial charge in [0.15, 0.2) is 0 Å². The molecular formula is C13H26N2O. The maximum absolute atomic E-state index is 8.76. The molecule has 0 bridgehead atoms. The summed E-state index contributed by atoms with van der Waals surface area (Å²) in [5, 5.41) is 12.3. The number of unbranched alkanes of at least 4 members (excludes halogenated alkanes) is 2. The zero-order chi connectivity index (χ0) is 11.2. The maximum atomic E-state index is 8.76. The molecule has 1 saturated carbocycles. The lowest BCUT2D eigenvalue weighted by molar-refractivity contribution is 0.228. The van der Waals surface area contributed by atoms with Crippen LogP contribution in [0.2, 0.25) is 0 Å². The Morgan fingerprint density at radius 2 is 2.00 bits per heavy atom. The Labute approximate surface area is 99.2 Å². The van der Waals surface area contributed by atoms with E-state index >= 15 is 0 Å². The molecule has 0 aromatic heterocycles. The van der Waals surface area contributed by atoms with Gasteiger partial charge in [0.25, 0.3) is 0 Å². The largest absolute Gasteiger partial charge is 0.396 e. The van der Waals surface area contributed by atoms with Gasteiger partial charge in [-0.15, -0.1) is 0 Å². The second-order valence-electron chi connectivity index (χ2n) is 5.30. The minimum absolute atomic E-state index is 0.355. The van der Waals surface area contributed by atoms with Crippen molar-refractivity contribution in [2.75, 3.05) is 26.2 Å². The molecule has 1 aliphatic heterocycles. The first-order valence-electron chi connectivity index (χ1n) is 6.98. The van der Waals surface area contributed by atoms with Crippen LogP contribution in [0.3, 0.4) is 0 Å². The summed E-state index contributed by atoms with van der Waals surface area (Å²) in [6, 6.07) is 1.63. The molecule has 1 heterocycles. The van der Waals surface area contributed by atoms with Crippen molar-refractivity contribution >= 4 is 0 Å². The van der Waals surface area contributed by atoms with E-state index in [1.165, 1.54) is 58.2 Å². The smallest absolute Gasteiger partial charge is 0.0431 e. The SMILES string of the molecule is OCCCCCN(CC1CCCN1)C1CC1. The fourth-order valence-electron chi connectivity index (χ4n) is 2.66. The van der Waals surface area contributed by atoms with Crippen LogP contribution < -0.4 is 5.32 Å². The van der Waals surface area contributed by atoms with E-state index in [1.54, 1.807) is 0 Å². The fraction of sp³-hybridized carbons (Fsp3) is 1.00. The summed E-state index contributed by atoms with van der Waals surface area (Å²) in [6.45, 7) is 4.06. The van der Waals surface area contributed by atoms with Crippen molar-refractivity contribution in [1.82, 2.24) is 10.2 Å². The van der Waals surface area contributed by atoms with Crippen LogP contribution in [0.1, 0.15) is 44.9 Å².